The second-order valence-corrected chi connectivity index (χ2v) is 3.28. The first kappa shape index (κ1) is 9.57. The van der Waals surface area contributed by atoms with Gasteiger partial charge in [0, 0.05) is 10.2 Å². The Labute approximate surface area is 84.5 Å². The van der Waals surface area contributed by atoms with Crippen LogP contribution in [0.25, 0.3) is 0 Å². The molecule has 0 spiro atoms. The van der Waals surface area contributed by atoms with Gasteiger partial charge in [-0.25, -0.2) is 0 Å². The Kier molecular flexibility index (Phi) is 2.89. The fraction of sp³-hybridized carbons (Fsp3) is 0.111. The zero-order chi connectivity index (χ0) is 9.84. The second kappa shape index (κ2) is 3.93. The van der Waals surface area contributed by atoms with E-state index in [1.807, 2.05) is 12.1 Å². The van der Waals surface area contributed by atoms with Gasteiger partial charge in [0.2, 0.25) is 0 Å². The van der Waals surface area contributed by atoms with Crippen molar-refractivity contribution in [3.63, 3.8) is 0 Å². The minimum absolute atomic E-state index is 0.250. The fourth-order valence-electron chi connectivity index (χ4n) is 1.00. The van der Waals surface area contributed by atoms with Crippen LogP contribution in [0.2, 0.25) is 0 Å². The van der Waals surface area contributed by atoms with Crippen LogP contribution in [0.4, 0.5) is 5.69 Å². The van der Waals surface area contributed by atoms with Gasteiger partial charge in [0.1, 0.15) is 6.07 Å². The highest BCUT2D eigenvalue weighted by atomic mass is 79.9. The van der Waals surface area contributed by atoms with Gasteiger partial charge in [0.25, 0.3) is 0 Å². The molecule has 64 valence electrons. The monoisotopic (exact) mass is 235 g/mol. The number of halogens is 1. The summed E-state index contributed by atoms with van der Waals surface area (Å²) in [5.41, 5.74) is 7.27. The number of hydrogen-bond acceptors (Lipinski definition) is 3. The largest absolute Gasteiger partial charge is 0.399 e. The summed E-state index contributed by atoms with van der Waals surface area (Å²) in [6.07, 6.45) is 0.250. The number of nitriles is 2. The maximum Gasteiger partial charge on any atom is 0.100 e. The van der Waals surface area contributed by atoms with Crippen molar-refractivity contribution < 1.29 is 0 Å². The van der Waals surface area contributed by atoms with Gasteiger partial charge >= 0.3 is 0 Å². The van der Waals surface area contributed by atoms with E-state index in [4.69, 9.17) is 16.3 Å². The highest BCUT2D eigenvalue weighted by Crippen LogP contribution is 2.24. The van der Waals surface area contributed by atoms with E-state index in [9.17, 15) is 0 Å². The highest BCUT2D eigenvalue weighted by Gasteiger charge is 2.06. The van der Waals surface area contributed by atoms with E-state index >= 15 is 0 Å². The molecular weight excluding hydrogens is 230 g/mol. The lowest BCUT2D eigenvalue weighted by molar-refractivity contribution is 1.24. The van der Waals surface area contributed by atoms with Gasteiger partial charge in [-0.1, -0.05) is 0 Å². The number of nitrogens with zero attached hydrogens (tertiary/aromatic N) is 2. The first-order chi connectivity index (χ1) is 6.19. The number of benzene rings is 1. The molecule has 1 aromatic rings. The molecule has 0 aliphatic rings. The summed E-state index contributed by atoms with van der Waals surface area (Å²) >= 11 is 3.25. The summed E-state index contributed by atoms with van der Waals surface area (Å²) in [5, 5.41) is 17.2. The van der Waals surface area contributed by atoms with Crippen LogP contribution in [0.5, 0.6) is 0 Å². The van der Waals surface area contributed by atoms with Gasteiger partial charge in [-0.2, -0.15) is 10.5 Å². The van der Waals surface area contributed by atoms with E-state index in [0.29, 0.717) is 15.7 Å². The minimum atomic E-state index is 0.250. The molecular formula is C9H6BrN3. The highest BCUT2D eigenvalue weighted by molar-refractivity contribution is 9.10. The third-order valence-electron chi connectivity index (χ3n) is 1.56. The molecule has 0 amide bonds. The molecule has 0 atom stereocenters. The SMILES string of the molecule is N#CCc1cc(N)cc(C#N)c1Br. The lowest BCUT2D eigenvalue weighted by Gasteiger charge is -2.03. The van der Waals surface area contributed by atoms with Crippen molar-refractivity contribution in [3.8, 4) is 12.1 Å². The van der Waals surface area contributed by atoms with Crippen molar-refractivity contribution in [2.75, 3.05) is 5.73 Å². The number of hydrogen-bond donors (Lipinski definition) is 1. The topological polar surface area (TPSA) is 73.6 Å². The molecule has 0 aromatic heterocycles. The van der Waals surface area contributed by atoms with Crippen LogP contribution in [-0.4, -0.2) is 0 Å². The zero-order valence-corrected chi connectivity index (χ0v) is 8.30. The molecule has 0 saturated heterocycles. The minimum Gasteiger partial charge on any atom is -0.399 e. The van der Waals surface area contributed by atoms with E-state index in [2.05, 4.69) is 15.9 Å². The quantitative estimate of drug-likeness (QED) is 0.757. The van der Waals surface area contributed by atoms with E-state index in [1.165, 1.54) is 0 Å². The van der Waals surface area contributed by atoms with Crippen molar-refractivity contribution in [1.29, 1.82) is 10.5 Å². The normalized spacial score (nSPS) is 8.85. The van der Waals surface area contributed by atoms with Crippen LogP contribution < -0.4 is 5.73 Å². The molecule has 0 saturated carbocycles. The average Bonchev–Trinajstić information content (AvgIpc) is 2.11. The van der Waals surface area contributed by atoms with Crippen LogP contribution in [0, 0.1) is 22.7 Å². The van der Waals surface area contributed by atoms with Crippen molar-refractivity contribution in [2.24, 2.45) is 0 Å². The standard InChI is InChI=1S/C9H6BrN3/c10-9-6(1-2-11)3-8(13)4-7(9)5-12/h3-4H,1,13H2. The molecule has 0 bridgehead atoms. The van der Waals surface area contributed by atoms with Gasteiger partial charge < -0.3 is 5.73 Å². The number of nitrogens with two attached hydrogens (primary N) is 1. The molecule has 4 heteroatoms. The number of nitrogen functional groups attached to an aromatic ring is 1. The van der Waals surface area contributed by atoms with Gasteiger partial charge in [-0.3, -0.25) is 0 Å². The second-order valence-electron chi connectivity index (χ2n) is 2.49. The number of anilines is 1. The third-order valence-corrected chi connectivity index (χ3v) is 2.50. The molecule has 0 heterocycles. The lowest BCUT2D eigenvalue weighted by atomic mass is 10.1. The van der Waals surface area contributed by atoms with Crippen LogP contribution in [0.1, 0.15) is 11.1 Å². The van der Waals surface area contributed by atoms with Crippen molar-refractivity contribution in [2.45, 2.75) is 6.42 Å². The molecule has 13 heavy (non-hydrogen) atoms. The Balaban J connectivity index is 3.31. The summed E-state index contributed by atoms with van der Waals surface area (Å²) in [6.45, 7) is 0. The summed E-state index contributed by atoms with van der Waals surface area (Å²) in [7, 11) is 0. The third kappa shape index (κ3) is 1.99. The maximum atomic E-state index is 8.72. The Morgan fingerprint density at radius 3 is 2.62 bits per heavy atom. The van der Waals surface area contributed by atoms with Crippen LogP contribution in [0.15, 0.2) is 16.6 Å². The summed E-state index contributed by atoms with van der Waals surface area (Å²) in [4.78, 5) is 0. The molecule has 0 aliphatic heterocycles. The van der Waals surface area contributed by atoms with Gasteiger partial charge in [0.15, 0.2) is 0 Å². The van der Waals surface area contributed by atoms with Gasteiger partial charge in [-0.15, -0.1) is 0 Å². The maximum absolute atomic E-state index is 8.72. The molecule has 0 radical (unpaired) electrons. The molecule has 0 aliphatic carbocycles. The van der Waals surface area contributed by atoms with E-state index in [1.54, 1.807) is 12.1 Å². The number of rotatable bonds is 1. The van der Waals surface area contributed by atoms with E-state index in [0.717, 1.165) is 5.56 Å². The average molecular weight is 236 g/mol. The van der Waals surface area contributed by atoms with Gasteiger partial charge in [0.05, 0.1) is 18.1 Å². The predicted octanol–water partition coefficient (Wildman–Crippen LogP) is 1.97. The molecule has 1 rings (SSSR count). The smallest absolute Gasteiger partial charge is 0.100 e. The van der Waals surface area contributed by atoms with E-state index < -0.39 is 0 Å². The van der Waals surface area contributed by atoms with Crippen LogP contribution >= 0.6 is 15.9 Å². The van der Waals surface area contributed by atoms with Crippen molar-refractivity contribution in [1.82, 2.24) is 0 Å². The van der Waals surface area contributed by atoms with Gasteiger partial charge in [-0.05, 0) is 33.6 Å². The van der Waals surface area contributed by atoms with Crippen LogP contribution in [0.3, 0.4) is 0 Å². The summed E-state index contributed by atoms with van der Waals surface area (Å²) in [5.74, 6) is 0. The van der Waals surface area contributed by atoms with E-state index in [-0.39, 0.29) is 6.42 Å². The molecule has 0 fully saturated rings. The van der Waals surface area contributed by atoms with Crippen LogP contribution in [-0.2, 0) is 6.42 Å². The first-order valence-corrected chi connectivity index (χ1v) is 4.33. The molecule has 2 N–H and O–H groups in total. The Morgan fingerprint density at radius 1 is 1.38 bits per heavy atom. The molecule has 3 nitrogen and oxygen atoms in total. The Bertz CT molecular complexity index is 412. The lowest BCUT2D eigenvalue weighted by Crippen LogP contribution is -1.93. The summed E-state index contributed by atoms with van der Waals surface area (Å²) in [6, 6.07) is 7.27. The molecule has 0 unspecified atom stereocenters. The Morgan fingerprint density at radius 2 is 2.08 bits per heavy atom. The molecule has 1 aromatic carbocycles. The van der Waals surface area contributed by atoms with Crippen molar-refractivity contribution in [3.05, 3.63) is 27.7 Å². The summed E-state index contributed by atoms with van der Waals surface area (Å²) < 4.78 is 0.658. The van der Waals surface area contributed by atoms with Crippen molar-refractivity contribution >= 4 is 21.6 Å². The fourth-order valence-corrected chi connectivity index (χ4v) is 1.46. The Hall–Kier alpha value is -1.52. The predicted molar refractivity (Wildman–Crippen MR) is 52.6 cm³/mol. The zero-order valence-electron chi connectivity index (χ0n) is 6.71. The first-order valence-electron chi connectivity index (χ1n) is 3.54.